The van der Waals surface area contributed by atoms with E-state index in [1.54, 1.807) is 64.2 Å². The quantitative estimate of drug-likeness (QED) is 0.217. The number of halogens is 2. The van der Waals surface area contributed by atoms with Crippen molar-refractivity contribution in [2.75, 3.05) is 15.4 Å². The number of sulfonamides is 1. The number of nitrogens with zero attached hydrogens (tertiary/aromatic N) is 2. The van der Waals surface area contributed by atoms with E-state index in [4.69, 9.17) is 0 Å². The summed E-state index contributed by atoms with van der Waals surface area (Å²) in [5.41, 5.74) is -0.145. The Morgan fingerprint density at radius 3 is 2.35 bits per heavy atom. The van der Waals surface area contributed by atoms with Crippen LogP contribution in [0.2, 0.25) is 0 Å². The Morgan fingerprint density at radius 2 is 1.75 bits per heavy atom. The van der Waals surface area contributed by atoms with Gasteiger partial charge in [-0.3, -0.25) is 14.4 Å². The first-order valence-electron chi connectivity index (χ1n) is 12.4. The van der Waals surface area contributed by atoms with E-state index in [1.165, 1.54) is 11.1 Å². The number of pyridine rings is 1. The maximum atomic E-state index is 15.3. The highest BCUT2D eigenvalue weighted by atomic mass is 32.2. The fourth-order valence-electron chi connectivity index (χ4n) is 4.40. The van der Waals surface area contributed by atoms with Crippen molar-refractivity contribution >= 4 is 44.3 Å². The lowest BCUT2D eigenvalue weighted by atomic mass is 9.99. The first-order chi connectivity index (χ1) is 18.7. The number of hydrogen-bond donors (Lipinski definition) is 3. The van der Waals surface area contributed by atoms with Crippen molar-refractivity contribution in [3.63, 3.8) is 0 Å². The molecule has 0 spiro atoms. The van der Waals surface area contributed by atoms with Crippen molar-refractivity contribution < 1.29 is 31.9 Å². The Morgan fingerprint density at radius 1 is 1.07 bits per heavy atom. The van der Waals surface area contributed by atoms with Crippen LogP contribution in [0.25, 0.3) is 22.2 Å². The maximum absolute atomic E-state index is 15.3. The van der Waals surface area contributed by atoms with Crippen molar-refractivity contribution in [3.8, 4) is 11.1 Å². The van der Waals surface area contributed by atoms with Crippen LogP contribution in [0.5, 0.6) is 0 Å². The van der Waals surface area contributed by atoms with Crippen LogP contribution in [0.3, 0.4) is 0 Å². The van der Waals surface area contributed by atoms with Crippen molar-refractivity contribution in [3.05, 3.63) is 77.6 Å². The monoisotopic (exact) mass is 570 g/mol. The second-order valence-corrected chi connectivity index (χ2v) is 12.0. The molecule has 0 aliphatic rings. The highest BCUT2D eigenvalue weighted by Crippen LogP contribution is 2.31. The van der Waals surface area contributed by atoms with E-state index in [-0.39, 0.29) is 17.7 Å². The van der Waals surface area contributed by atoms with Gasteiger partial charge >= 0.3 is 6.09 Å². The first kappa shape index (κ1) is 28.7. The topological polar surface area (TPSA) is 132 Å². The molecule has 2 aromatic heterocycles. The molecule has 0 bridgehead atoms. The molecule has 0 aliphatic carbocycles. The highest BCUT2D eigenvalue weighted by Gasteiger charge is 2.28. The molecule has 0 unspecified atom stereocenters. The summed E-state index contributed by atoms with van der Waals surface area (Å²) in [4.78, 5) is 33.5. The number of aromatic nitrogens is 2. The van der Waals surface area contributed by atoms with E-state index >= 15 is 4.39 Å². The lowest BCUT2D eigenvalue weighted by molar-refractivity contribution is 0.103. The summed E-state index contributed by atoms with van der Waals surface area (Å²) in [6.45, 7) is 6.97. The standard InChI is InChI=1S/C28H28F2N4O5S/c1-5-12-40(38,39)33-22-11-10-21(29)23(24(22)30)25(35)20-15-32-26-19(20)13-17(14-31-26)16-6-8-18(9-7-16)34(27(36)37)28(2,3)4/h6-11,13-15,33H,5,12H2,1-4H3,(H,31,32)(H,36,37). The molecule has 4 aromatic rings. The van der Waals surface area contributed by atoms with Crippen molar-refractivity contribution in [1.29, 1.82) is 0 Å². The zero-order valence-corrected chi connectivity index (χ0v) is 23.1. The molecule has 0 saturated heterocycles. The van der Waals surface area contributed by atoms with Crippen molar-refractivity contribution in [2.24, 2.45) is 0 Å². The van der Waals surface area contributed by atoms with Gasteiger partial charge in [-0.1, -0.05) is 19.1 Å². The Hall–Kier alpha value is -4.32. The number of carbonyl (C=O) groups excluding carboxylic acids is 1. The summed E-state index contributed by atoms with van der Waals surface area (Å²) < 4.78 is 56.3. The molecule has 3 N–H and O–H groups in total. The first-order valence-corrected chi connectivity index (χ1v) is 14.0. The molecule has 40 heavy (non-hydrogen) atoms. The third kappa shape index (κ3) is 5.67. The predicted molar refractivity (Wildman–Crippen MR) is 149 cm³/mol. The van der Waals surface area contributed by atoms with Gasteiger partial charge in [-0.05, 0) is 63.1 Å². The molecule has 0 atom stereocenters. The van der Waals surface area contributed by atoms with E-state index in [2.05, 4.69) is 14.7 Å². The lowest BCUT2D eigenvalue weighted by Crippen LogP contribution is -2.45. The largest absolute Gasteiger partial charge is 0.465 e. The molecule has 210 valence electrons. The van der Waals surface area contributed by atoms with Gasteiger partial charge in [-0.2, -0.15) is 0 Å². The van der Waals surface area contributed by atoms with Crippen LogP contribution in [0.15, 0.2) is 54.9 Å². The number of hydrogen-bond acceptors (Lipinski definition) is 5. The molecule has 1 amide bonds. The molecule has 0 aliphatic heterocycles. The summed E-state index contributed by atoms with van der Waals surface area (Å²) in [5.74, 6) is -3.72. The molecule has 2 aromatic carbocycles. The molecule has 0 fully saturated rings. The minimum absolute atomic E-state index is 0.0582. The van der Waals surface area contributed by atoms with Crippen LogP contribution < -0.4 is 9.62 Å². The molecule has 0 saturated carbocycles. The Bertz CT molecular complexity index is 1710. The number of rotatable bonds is 8. The Kier molecular flexibility index (Phi) is 7.66. The van der Waals surface area contributed by atoms with Crippen molar-refractivity contribution in [1.82, 2.24) is 9.97 Å². The molecule has 2 heterocycles. The number of amides is 1. The van der Waals surface area contributed by atoms with Gasteiger partial charge in [0, 0.05) is 40.1 Å². The average molecular weight is 571 g/mol. The average Bonchev–Trinajstić information content (AvgIpc) is 3.28. The third-order valence-corrected chi connectivity index (χ3v) is 7.63. The summed E-state index contributed by atoms with van der Waals surface area (Å²) in [7, 11) is -3.88. The summed E-state index contributed by atoms with van der Waals surface area (Å²) in [5, 5.41) is 9.94. The van der Waals surface area contributed by atoms with Crippen LogP contribution in [0.4, 0.5) is 25.0 Å². The summed E-state index contributed by atoms with van der Waals surface area (Å²) in [6, 6.07) is 10.1. The van der Waals surface area contributed by atoms with Gasteiger partial charge in [0.2, 0.25) is 15.8 Å². The van der Waals surface area contributed by atoms with Gasteiger partial charge in [0.1, 0.15) is 11.5 Å². The smallest absolute Gasteiger partial charge is 0.412 e. The Labute approximate surface area is 229 Å². The van der Waals surface area contributed by atoms with Crippen molar-refractivity contribution in [2.45, 2.75) is 39.7 Å². The van der Waals surface area contributed by atoms with Crippen LogP contribution in [-0.2, 0) is 10.0 Å². The summed E-state index contributed by atoms with van der Waals surface area (Å²) >= 11 is 0. The SMILES string of the molecule is CCCS(=O)(=O)Nc1ccc(F)c(C(=O)c2c[nH]c3ncc(-c4ccc(N(C(=O)O)C(C)(C)C)cc4)cc23)c1F. The highest BCUT2D eigenvalue weighted by molar-refractivity contribution is 7.92. The number of carboxylic acid groups (broad SMARTS) is 1. The van der Waals surface area contributed by atoms with E-state index in [0.29, 0.717) is 27.8 Å². The number of nitrogens with one attached hydrogen (secondary N) is 2. The minimum atomic E-state index is -3.88. The van der Waals surface area contributed by atoms with Gasteiger partial charge in [-0.15, -0.1) is 0 Å². The van der Waals surface area contributed by atoms with E-state index in [0.717, 1.165) is 12.1 Å². The van der Waals surface area contributed by atoms with Gasteiger partial charge < -0.3 is 10.1 Å². The Balaban J connectivity index is 1.72. The lowest BCUT2D eigenvalue weighted by Gasteiger charge is -2.33. The van der Waals surface area contributed by atoms with Crippen LogP contribution >= 0.6 is 0 Å². The van der Waals surface area contributed by atoms with E-state index in [9.17, 15) is 27.5 Å². The number of ketones is 1. The fourth-order valence-corrected chi connectivity index (χ4v) is 5.53. The van der Waals surface area contributed by atoms with Crippen LogP contribution in [-0.4, -0.2) is 46.7 Å². The molecular formula is C28H28F2N4O5S. The molecule has 0 radical (unpaired) electrons. The number of benzene rings is 2. The fraction of sp³-hybridized carbons (Fsp3) is 0.250. The van der Waals surface area contributed by atoms with Gasteiger partial charge in [0.25, 0.3) is 0 Å². The predicted octanol–water partition coefficient (Wildman–Crippen LogP) is 6.17. The second kappa shape index (κ2) is 10.7. The zero-order chi connectivity index (χ0) is 29.4. The number of aromatic amines is 1. The molecule has 4 rings (SSSR count). The number of anilines is 2. The second-order valence-electron chi connectivity index (χ2n) is 10.2. The molecular weight excluding hydrogens is 542 g/mol. The van der Waals surface area contributed by atoms with Gasteiger partial charge in [0.05, 0.1) is 17.0 Å². The van der Waals surface area contributed by atoms with Crippen LogP contribution in [0, 0.1) is 11.6 Å². The third-order valence-electron chi connectivity index (χ3n) is 6.15. The van der Waals surface area contributed by atoms with Gasteiger partial charge in [-0.25, -0.2) is 27.0 Å². The number of carbonyl (C=O) groups is 2. The normalized spacial score (nSPS) is 11.9. The number of H-pyrrole nitrogens is 1. The minimum Gasteiger partial charge on any atom is -0.465 e. The molecule has 12 heteroatoms. The zero-order valence-electron chi connectivity index (χ0n) is 22.2. The molecule has 9 nitrogen and oxygen atoms in total. The maximum Gasteiger partial charge on any atom is 0.412 e. The van der Waals surface area contributed by atoms with E-state index in [1.807, 2.05) is 0 Å². The van der Waals surface area contributed by atoms with E-state index < -0.39 is 50.3 Å². The number of fused-ring (bicyclic) bond motifs is 1. The van der Waals surface area contributed by atoms with Crippen LogP contribution in [0.1, 0.15) is 50.0 Å². The summed E-state index contributed by atoms with van der Waals surface area (Å²) in [6.07, 6.45) is 2.02. The van der Waals surface area contributed by atoms with Gasteiger partial charge in [0.15, 0.2) is 5.82 Å².